The maximum atomic E-state index is 13.7. The molecule has 0 saturated carbocycles. The van der Waals surface area contributed by atoms with Gasteiger partial charge < -0.3 is 15.1 Å². The molecular formula is C42H37N5OS. The molecule has 1 saturated heterocycles. The van der Waals surface area contributed by atoms with Gasteiger partial charge >= 0.3 is 0 Å². The lowest BCUT2D eigenvalue weighted by atomic mass is 9.77. The van der Waals surface area contributed by atoms with Gasteiger partial charge in [0.05, 0.1) is 5.69 Å². The number of likely N-dealkylation sites (N-methyl/N-ethyl adjacent to an activating group) is 1. The number of aryl methyl sites for hydroxylation is 1. The molecule has 7 aromatic rings. The van der Waals surface area contributed by atoms with Crippen molar-refractivity contribution in [3.8, 4) is 10.6 Å². The Hall–Kier alpha value is -5.11. The lowest BCUT2D eigenvalue weighted by molar-refractivity contribution is 0.102. The Morgan fingerprint density at radius 1 is 0.816 bits per heavy atom. The summed E-state index contributed by atoms with van der Waals surface area (Å²) < 4.78 is 0. The minimum atomic E-state index is -0.181. The Labute approximate surface area is 290 Å². The number of piperazine rings is 1. The van der Waals surface area contributed by atoms with Crippen LogP contribution in [0.1, 0.15) is 39.5 Å². The molecule has 242 valence electrons. The van der Waals surface area contributed by atoms with Crippen LogP contribution in [0.15, 0.2) is 109 Å². The van der Waals surface area contributed by atoms with Crippen LogP contribution in [0.2, 0.25) is 0 Å². The molecule has 6 nitrogen and oxygen atoms in total. The topological polar surface area (TPSA) is 61.4 Å². The Morgan fingerprint density at radius 3 is 2.49 bits per heavy atom. The van der Waals surface area contributed by atoms with Gasteiger partial charge in [-0.15, -0.1) is 11.3 Å². The number of rotatable bonds is 5. The summed E-state index contributed by atoms with van der Waals surface area (Å²) in [5.41, 5.74) is 7.68. The molecule has 0 spiro atoms. The standard InChI is InChI=1S/C42H37N5OS/c1-46-20-22-47(23-21-46)32-10-15-34-31(25-32)9-14-37-33-11-7-30(24-29(33)8-13-38(34)37)36-12-6-27-4-2-3-5-35(27)40(36)45-41(48)39-26-49-42(44-39)28-16-18-43-19-17-28/h2-6,8-10,12-19,25-26,30H,7,11,20-24H2,1H3,(H,45,48). The summed E-state index contributed by atoms with van der Waals surface area (Å²) in [6, 6.07) is 32.9. The van der Waals surface area contributed by atoms with Gasteiger partial charge in [0.15, 0.2) is 0 Å². The van der Waals surface area contributed by atoms with Crippen LogP contribution in [0.4, 0.5) is 11.4 Å². The number of thiazole rings is 1. The summed E-state index contributed by atoms with van der Waals surface area (Å²) in [6.07, 6.45) is 6.46. The maximum absolute atomic E-state index is 13.7. The average Bonchev–Trinajstić information content (AvgIpc) is 3.66. The van der Waals surface area contributed by atoms with Crippen molar-refractivity contribution < 1.29 is 4.79 Å². The number of aromatic nitrogens is 2. The van der Waals surface area contributed by atoms with E-state index in [2.05, 4.69) is 98.9 Å². The van der Waals surface area contributed by atoms with E-state index in [-0.39, 0.29) is 5.91 Å². The van der Waals surface area contributed by atoms with Gasteiger partial charge in [-0.3, -0.25) is 9.78 Å². The molecule has 1 unspecified atom stereocenters. The van der Waals surface area contributed by atoms with Gasteiger partial charge in [0.1, 0.15) is 10.7 Å². The number of carbonyl (C=O) groups is 1. The van der Waals surface area contributed by atoms with Gasteiger partial charge in [-0.1, -0.05) is 66.7 Å². The number of amides is 1. The second-order valence-corrected chi connectivity index (χ2v) is 14.3. The third-order valence-electron chi connectivity index (χ3n) is 10.6. The first-order valence-corrected chi connectivity index (χ1v) is 18.1. The fourth-order valence-corrected chi connectivity index (χ4v) is 8.70. The minimum absolute atomic E-state index is 0.181. The summed E-state index contributed by atoms with van der Waals surface area (Å²) in [5, 5.41) is 13.5. The van der Waals surface area contributed by atoms with Crippen LogP contribution in [-0.4, -0.2) is 54.0 Å². The van der Waals surface area contributed by atoms with Gasteiger partial charge in [-0.05, 0) is 100 Å². The molecular weight excluding hydrogens is 623 g/mol. The molecule has 0 bridgehead atoms. The minimum Gasteiger partial charge on any atom is -0.369 e. The Morgan fingerprint density at radius 2 is 1.61 bits per heavy atom. The second-order valence-electron chi connectivity index (χ2n) is 13.5. The van der Waals surface area contributed by atoms with E-state index in [0.717, 1.165) is 72.5 Å². The SMILES string of the molecule is CN1CCN(c2ccc3c(ccc4c5c(ccc43)CC(c3ccc4ccccc4c3NC(=O)c3csc(-c4ccncc4)n3)CC5)c2)CC1. The van der Waals surface area contributed by atoms with Crippen LogP contribution < -0.4 is 10.2 Å². The van der Waals surface area contributed by atoms with Crippen molar-refractivity contribution in [1.82, 2.24) is 14.9 Å². The van der Waals surface area contributed by atoms with Crippen molar-refractivity contribution in [2.75, 3.05) is 43.4 Å². The van der Waals surface area contributed by atoms with E-state index in [1.54, 1.807) is 12.4 Å². The first-order valence-electron chi connectivity index (χ1n) is 17.2. The highest BCUT2D eigenvalue weighted by atomic mass is 32.1. The second kappa shape index (κ2) is 12.4. The van der Waals surface area contributed by atoms with Crippen LogP contribution in [0.5, 0.6) is 0 Å². The molecule has 2 aliphatic rings. The predicted octanol–water partition coefficient (Wildman–Crippen LogP) is 8.94. The lowest BCUT2D eigenvalue weighted by Crippen LogP contribution is -2.44. The summed E-state index contributed by atoms with van der Waals surface area (Å²) in [4.78, 5) is 27.4. The van der Waals surface area contributed by atoms with Crippen LogP contribution in [0.3, 0.4) is 0 Å². The number of hydrogen-bond donors (Lipinski definition) is 1. The van der Waals surface area contributed by atoms with E-state index >= 15 is 0 Å². The van der Waals surface area contributed by atoms with Gasteiger partial charge in [-0.25, -0.2) is 4.98 Å². The van der Waals surface area contributed by atoms with E-state index < -0.39 is 0 Å². The quantitative estimate of drug-likeness (QED) is 0.187. The molecule has 1 fully saturated rings. The first kappa shape index (κ1) is 30.0. The number of benzene rings is 5. The zero-order valence-corrected chi connectivity index (χ0v) is 28.3. The molecule has 1 atom stereocenters. The maximum Gasteiger partial charge on any atom is 0.275 e. The zero-order valence-electron chi connectivity index (χ0n) is 27.5. The molecule has 0 radical (unpaired) electrons. The van der Waals surface area contributed by atoms with Gasteiger partial charge in [0.2, 0.25) is 0 Å². The number of nitrogens with one attached hydrogen (secondary N) is 1. The van der Waals surface area contributed by atoms with Gasteiger partial charge in [0, 0.05) is 60.6 Å². The van der Waals surface area contributed by atoms with Crippen LogP contribution in [-0.2, 0) is 12.8 Å². The molecule has 1 N–H and O–H groups in total. The highest BCUT2D eigenvalue weighted by Crippen LogP contribution is 2.42. The zero-order chi connectivity index (χ0) is 32.9. The highest BCUT2D eigenvalue weighted by Gasteiger charge is 2.26. The van der Waals surface area contributed by atoms with E-state index in [0.29, 0.717) is 11.6 Å². The smallest absolute Gasteiger partial charge is 0.275 e. The molecule has 1 amide bonds. The van der Waals surface area contributed by atoms with Crippen molar-refractivity contribution in [3.05, 3.63) is 131 Å². The molecule has 49 heavy (non-hydrogen) atoms. The monoisotopic (exact) mass is 659 g/mol. The molecule has 9 rings (SSSR count). The number of hydrogen-bond acceptors (Lipinski definition) is 6. The summed E-state index contributed by atoms with van der Waals surface area (Å²) in [6.45, 7) is 4.36. The number of anilines is 2. The van der Waals surface area contributed by atoms with E-state index in [9.17, 15) is 4.79 Å². The van der Waals surface area contributed by atoms with Crippen molar-refractivity contribution in [2.24, 2.45) is 0 Å². The van der Waals surface area contributed by atoms with Crippen LogP contribution in [0.25, 0.3) is 42.9 Å². The molecule has 3 heterocycles. The Kier molecular flexibility index (Phi) is 7.59. The van der Waals surface area contributed by atoms with Crippen molar-refractivity contribution in [3.63, 3.8) is 0 Å². The molecule has 5 aromatic carbocycles. The van der Waals surface area contributed by atoms with Crippen LogP contribution in [0, 0.1) is 0 Å². The fraction of sp³-hybridized carbons (Fsp3) is 0.214. The van der Waals surface area contributed by atoms with Crippen molar-refractivity contribution >= 4 is 60.9 Å². The largest absolute Gasteiger partial charge is 0.369 e. The molecule has 1 aliphatic carbocycles. The Balaban J connectivity index is 1.02. The molecule has 1 aliphatic heterocycles. The van der Waals surface area contributed by atoms with E-state index in [1.165, 1.54) is 55.3 Å². The normalized spacial score (nSPS) is 16.7. The average molecular weight is 660 g/mol. The third-order valence-corrected chi connectivity index (χ3v) is 11.5. The first-order chi connectivity index (χ1) is 24.1. The highest BCUT2D eigenvalue weighted by molar-refractivity contribution is 7.13. The summed E-state index contributed by atoms with van der Waals surface area (Å²) >= 11 is 1.47. The van der Waals surface area contributed by atoms with Crippen LogP contribution >= 0.6 is 11.3 Å². The molecule has 2 aromatic heterocycles. The summed E-state index contributed by atoms with van der Waals surface area (Å²) in [7, 11) is 2.20. The lowest BCUT2D eigenvalue weighted by Gasteiger charge is -2.34. The van der Waals surface area contributed by atoms with Gasteiger partial charge in [0.25, 0.3) is 5.91 Å². The number of pyridine rings is 1. The van der Waals surface area contributed by atoms with Crippen molar-refractivity contribution in [1.29, 1.82) is 0 Å². The predicted molar refractivity (Wildman–Crippen MR) is 203 cm³/mol. The molecule has 7 heteroatoms. The third kappa shape index (κ3) is 5.53. The number of fused-ring (bicyclic) bond motifs is 6. The summed E-state index contributed by atoms with van der Waals surface area (Å²) in [5.74, 6) is 0.110. The fourth-order valence-electron chi connectivity index (χ4n) is 7.89. The van der Waals surface area contributed by atoms with E-state index in [4.69, 9.17) is 0 Å². The number of nitrogens with zero attached hydrogens (tertiary/aromatic N) is 4. The van der Waals surface area contributed by atoms with Gasteiger partial charge in [-0.2, -0.15) is 0 Å². The Bertz CT molecular complexity index is 2360. The number of carbonyl (C=O) groups excluding carboxylic acids is 1. The van der Waals surface area contributed by atoms with E-state index in [1.807, 2.05) is 29.6 Å². The van der Waals surface area contributed by atoms with Crippen molar-refractivity contribution in [2.45, 2.75) is 25.2 Å².